The summed E-state index contributed by atoms with van der Waals surface area (Å²) in [6.45, 7) is 2.81. The van der Waals surface area contributed by atoms with Gasteiger partial charge in [-0.3, -0.25) is 0 Å². The Labute approximate surface area is 149 Å². The van der Waals surface area contributed by atoms with Crippen molar-refractivity contribution in [2.45, 2.75) is 32.2 Å². The lowest BCUT2D eigenvalue weighted by Gasteiger charge is -2.21. The summed E-state index contributed by atoms with van der Waals surface area (Å²) in [6.07, 6.45) is 6.73. The van der Waals surface area contributed by atoms with E-state index in [-0.39, 0.29) is 0 Å². The molecule has 25 heavy (non-hydrogen) atoms. The van der Waals surface area contributed by atoms with Crippen molar-refractivity contribution >= 4 is 11.6 Å². The van der Waals surface area contributed by atoms with Gasteiger partial charge in [-0.25, -0.2) is 9.97 Å². The second kappa shape index (κ2) is 8.55. The van der Waals surface area contributed by atoms with E-state index in [9.17, 15) is 0 Å². The number of aromatic nitrogens is 2. The van der Waals surface area contributed by atoms with Gasteiger partial charge in [0.1, 0.15) is 18.0 Å². The van der Waals surface area contributed by atoms with Gasteiger partial charge in [0.25, 0.3) is 0 Å². The minimum absolute atomic E-state index is 0.663. The van der Waals surface area contributed by atoms with Crippen LogP contribution >= 0.6 is 0 Å². The Balaban J connectivity index is 1.66. The highest BCUT2D eigenvalue weighted by molar-refractivity contribution is 5.49. The van der Waals surface area contributed by atoms with Gasteiger partial charge in [0, 0.05) is 25.7 Å². The number of ether oxygens (including phenoxy) is 2. The number of methoxy groups -OCH3 is 2. The number of hydrogen-bond acceptors (Lipinski definition) is 6. The number of nitrogens with one attached hydrogen (secondary N) is 1. The van der Waals surface area contributed by atoms with Gasteiger partial charge in [-0.15, -0.1) is 0 Å². The molecule has 0 spiro atoms. The summed E-state index contributed by atoms with van der Waals surface area (Å²) in [5.41, 5.74) is 1.10. The van der Waals surface area contributed by atoms with Crippen LogP contribution in [0.3, 0.4) is 0 Å². The largest absolute Gasteiger partial charge is 0.493 e. The van der Waals surface area contributed by atoms with E-state index in [1.54, 1.807) is 20.5 Å². The summed E-state index contributed by atoms with van der Waals surface area (Å²) >= 11 is 0. The zero-order valence-electron chi connectivity index (χ0n) is 15.0. The molecular formula is C19H26N4O2. The molecule has 134 valence electrons. The van der Waals surface area contributed by atoms with Crippen LogP contribution in [0.25, 0.3) is 0 Å². The molecule has 1 aliphatic rings. The van der Waals surface area contributed by atoms with Crippen molar-refractivity contribution in [2.24, 2.45) is 0 Å². The van der Waals surface area contributed by atoms with E-state index in [2.05, 4.69) is 20.2 Å². The molecule has 0 saturated carbocycles. The third kappa shape index (κ3) is 4.53. The molecule has 1 fully saturated rings. The average molecular weight is 342 g/mol. The molecule has 1 N–H and O–H groups in total. The molecule has 1 aromatic heterocycles. The molecule has 1 saturated heterocycles. The van der Waals surface area contributed by atoms with E-state index in [1.807, 2.05) is 24.3 Å². The molecule has 0 bridgehead atoms. The second-order valence-electron chi connectivity index (χ2n) is 6.21. The Morgan fingerprint density at radius 1 is 0.960 bits per heavy atom. The van der Waals surface area contributed by atoms with Crippen molar-refractivity contribution < 1.29 is 9.47 Å². The fourth-order valence-corrected chi connectivity index (χ4v) is 3.10. The minimum atomic E-state index is 0.663. The molecule has 2 heterocycles. The van der Waals surface area contributed by atoms with Crippen molar-refractivity contribution in [3.05, 3.63) is 36.2 Å². The molecule has 0 atom stereocenters. The molecule has 6 nitrogen and oxygen atoms in total. The molecule has 0 amide bonds. The molecule has 0 radical (unpaired) electrons. The van der Waals surface area contributed by atoms with Gasteiger partial charge in [-0.1, -0.05) is 18.9 Å². The molecule has 0 aliphatic carbocycles. The van der Waals surface area contributed by atoms with E-state index >= 15 is 0 Å². The quantitative estimate of drug-likeness (QED) is 0.867. The van der Waals surface area contributed by atoms with Gasteiger partial charge in [-0.05, 0) is 30.5 Å². The average Bonchev–Trinajstić information content (AvgIpc) is 2.96. The maximum absolute atomic E-state index is 5.35. The zero-order chi connectivity index (χ0) is 17.5. The van der Waals surface area contributed by atoms with Gasteiger partial charge < -0.3 is 19.7 Å². The normalized spacial score (nSPS) is 14.7. The number of rotatable bonds is 6. The highest BCUT2D eigenvalue weighted by Crippen LogP contribution is 2.28. The van der Waals surface area contributed by atoms with Gasteiger partial charge in [0.2, 0.25) is 0 Å². The van der Waals surface area contributed by atoms with Crippen molar-refractivity contribution in [3.63, 3.8) is 0 Å². The summed E-state index contributed by atoms with van der Waals surface area (Å²) in [7, 11) is 3.29. The maximum atomic E-state index is 5.35. The van der Waals surface area contributed by atoms with E-state index in [0.717, 1.165) is 41.8 Å². The predicted octanol–water partition coefficient (Wildman–Crippen LogP) is 3.49. The Kier molecular flexibility index (Phi) is 5.93. The SMILES string of the molecule is COc1ccc(CNc2cc(N3CCCCCC3)ncn2)cc1OC. The van der Waals surface area contributed by atoms with Crippen LogP contribution < -0.4 is 19.7 Å². The number of benzene rings is 1. The van der Waals surface area contributed by atoms with Crippen LogP contribution in [0.15, 0.2) is 30.6 Å². The maximum Gasteiger partial charge on any atom is 0.161 e. The number of hydrogen-bond donors (Lipinski definition) is 1. The number of anilines is 2. The molecule has 1 aromatic carbocycles. The van der Waals surface area contributed by atoms with Crippen molar-refractivity contribution in [1.29, 1.82) is 0 Å². The van der Waals surface area contributed by atoms with Crippen LogP contribution in [0, 0.1) is 0 Å². The van der Waals surface area contributed by atoms with Gasteiger partial charge in [0.15, 0.2) is 11.5 Å². The van der Waals surface area contributed by atoms with E-state index in [4.69, 9.17) is 9.47 Å². The Morgan fingerprint density at radius 3 is 2.44 bits per heavy atom. The monoisotopic (exact) mass is 342 g/mol. The minimum Gasteiger partial charge on any atom is -0.493 e. The second-order valence-corrected chi connectivity index (χ2v) is 6.21. The zero-order valence-corrected chi connectivity index (χ0v) is 15.0. The highest BCUT2D eigenvalue weighted by Gasteiger charge is 2.12. The third-order valence-corrected chi connectivity index (χ3v) is 4.50. The molecular weight excluding hydrogens is 316 g/mol. The Bertz CT molecular complexity index is 685. The molecule has 1 aliphatic heterocycles. The van der Waals surface area contributed by atoms with Crippen LogP contribution in [0.2, 0.25) is 0 Å². The third-order valence-electron chi connectivity index (χ3n) is 4.50. The van der Waals surface area contributed by atoms with E-state index in [1.165, 1.54) is 25.7 Å². The topological polar surface area (TPSA) is 59.5 Å². The van der Waals surface area contributed by atoms with E-state index in [0.29, 0.717) is 6.54 Å². The number of nitrogens with zero attached hydrogens (tertiary/aromatic N) is 3. The lowest BCUT2D eigenvalue weighted by atomic mass is 10.2. The lowest BCUT2D eigenvalue weighted by Crippen LogP contribution is -2.25. The first-order valence-electron chi connectivity index (χ1n) is 8.82. The molecule has 0 unspecified atom stereocenters. The summed E-state index contributed by atoms with van der Waals surface area (Å²) in [4.78, 5) is 11.1. The fraction of sp³-hybridized carbons (Fsp3) is 0.474. The Morgan fingerprint density at radius 2 is 1.72 bits per heavy atom. The van der Waals surface area contributed by atoms with Crippen molar-refractivity contribution in [1.82, 2.24) is 9.97 Å². The summed E-state index contributed by atoms with van der Waals surface area (Å²) in [5, 5.41) is 3.37. The summed E-state index contributed by atoms with van der Waals surface area (Å²) in [5.74, 6) is 3.31. The van der Waals surface area contributed by atoms with Crippen LogP contribution in [0.5, 0.6) is 11.5 Å². The van der Waals surface area contributed by atoms with Crippen LogP contribution in [0.4, 0.5) is 11.6 Å². The van der Waals surface area contributed by atoms with E-state index < -0.39 is 0 Å². The van der Waals surface area contributed by atoms with Gasteiger partial charge in [-0.2, -0.15) is 0 Å². The predicted molar refractivity (Wildman–Crippen MR) is 99.6 cm³/mol. The highest BCUT2D eigenvalue weighted by atomic mass is 16.5. The summed E-state index contributed by atoms with van der Waals surface area (Å²) in [6, 6.07) is 7.94. The first-order valence-corrected chi connectivity index (χ1v) is 8.82. The smallest absolute Gasteiger partial charge is 0.161 e. The van der Waals surface area contributed by atoms with Crippen LogP contribution in [-0.2, 0) is 6.54 Å². The van der Waals surface area contributed by atoms with Crippen LogP contribution in [-0.4, -0.2) is 37.3 Å². The fourth-order valence-electron chi connectivity index (χ4n) is 3.10. The molecule has 3 rings (SSSR count). The Hall–Kier alpha value is -2.50. The van der Waals surface area contributed by atoms with Crippen molar-refractivity contribution in [2.75, 3.05) is 37.5 Å². The lowest BCUT2D eigenvalue weighted by molar-refractivity contribution is 0.354. The first kappa shape index (κ1) is 17.3. The standard InChI is InChI=1S/C19H26N4O2/c1-24-16-8-7-15(11-17(16)25-2)13-20-18-12-19(22-14-21-18)23-9-5-3-4-6-10-23/h7-8,11-12,14H,3-6,9-10,13H2,1-2H3,(H,20,21,22). The van der Waals surface area contributed by atoms with Crippen LogP contribution in [0.1, 0.15) is 31.2 Å². The van der Waals surface area contributed by atoms with Crippen molar-refractivity contribution in [3.8, 4) is 11.5 Å². The first-order chi connectivity index (χ1) is 12.3. The molecule has 2 aromatic rings. The molecule has 6 heteroatoms. The summed E-state index contributed by atoms with van der Waals surface area (Å²) < 4.78 is 10.6. The van der Waals surface area contributed by atoms with Gasteiger partial charge in [0.05, 0.1) is 14.2 Å². The van der Waals surface area contributed by atoms with Gasteiger partial charge >= 0.3 is 0 Å².